The van der Waals surface area contributed by atoms with Crippen molar-refractivity contribution in [3.8, 4) is 0 Å². The van der Waals surface area contributed by atoms with E-state index in [1.54, 1.807) is 18.3 Å². The maximum Gasteiger partial charge on any atom is 0.310 e. The average Bonchev–Trinajstić information content (AvgIpc) is 2.46. The van der Waals surface area contributed by atoms with E-state index < -0.39 is 5.97 Å². The smallest absolute Gasteiger partial charge is 0.310 e. The Labute approximate surface area is 129 Å². The molecule has 118 valence electrons. The van der Waals surface area contributed by atoms with Gasteiger partial charge in [-0.25, -0.2) is 4.98 Å². The van der Waals surface area contributed by atoms with Crippen LogP contribution in [0.5, 0.6) is 0 Å². The summed E-state index contributed by atoms with van der Waals surface area (Å²) in [6.45, 7) is 4.82. The summed E-state index contributed by atoms with van der Waals surface area (Å²) in [4.78, 5) is 31.3. The van der Waals surface area contributed by atoms with E-state index in [1.165, 1.54) is 0 Å². The second-order valence-corrected chi connectivity index (χ2v) is 6.32. The minimum absolute atomic E-state index is 0.0398. The molecule has 2 aliphatic rings. The Balaban J connectivity index is 1.60. The highest BCUT2D eigenvalue weighted by Crippen LogP contribution is 2.23. The number of nitrogens with zero attached hydrogens (tertiary/aromatic N) is 3. The van der Waals surface area contributed by atoms with Crippen molar-refractivity contribution < 1.29 is 14.7 Å². The predicted octanol–water partition coefficient (Wildman–Crippen LogP) is 1.47. The van der Waals surface area contributed by atoms with Gasteiger partial charge in [0, 0.05) is 32.4 Å². The fourth-order valence-electron chi connectivity index (χ4n) is 2.92. The van der Waals surface area contributed by atoms with Gasteiger partial charge in [0.1, 0.15) is 5.82 Å². The van der Waals surface area contributed by atoms with Crippen LogP contribution in [-0.2, 0) is 4.79 Å². The van der Waals surface area contributed by atoms with Gasteiger partial charge in [0.2, 0.25) is 0 Å². The third-order valence-corrected chi connectivity index (χ3v) is 4.62. The molecule has 0 aromatic carbocycles. The number of pyridine rings is 1. The molecule has 1 amide bonds. The summed E-state index contributed by atoms with van der Waals surface area (Å²) < 4.78 is 0. The number of carboxylic acids is 1. The molecule has 0 radical (unpaired) electrons. The number of aliphatic carboxylic acids is 1. The average molecular weight is 303 g/mol. The number of amides is 1. The number of hydrogen-bond donors (Lipinski definition) is 1. The van der Waals surface area contributed by atoms with Crippen molar-refractivity contribution in [3.63, 3.8) is 0 Å². The zero-order valence-corrected chi connectivity index (χ0v) is 12.7. The molecule has 22 heavy (non-hydrogen) atoms. The first-order valence-electron chi connectivity index (χ1n) is 7.77. The van der Waals surface area contributed by atoms with Gasteiger partial charge in [0.15, 0.2) is 0 Å². The number of likely N-dealkylation sites (tertiary alicyclic amines) is 1. The molecule has 2 aliphatic heterocycles. The van der Waals surface area contributed by atoms with E-state index in [1.807, 2.05) is 9.80 Å². The maximum absolute atomic E-state index is 12.4. The molecular weight excluding hydrogens is 282 g/mol. The van der Waals surface area contributed by atoms with Gasteiger partial charge in [-0.15, -0.1) is 0 Å². The van der Waals surface area contributed by atoms with Gasteiger partial charge >= 0.3 is 5.97 Å². The van der Waals surface area contributed by atoms with Gasteiger partial charge in [-0.3, -0.25) is 9.59 Å². The van der Waals surface area contributed by atoms with E-state index >= 15 is 0 Å². The molecule has 3 rings (SSSR count). The summed E-state index contributed by atoms with van der Waals surface area (Å²) in [5, 5.41) is 8.88. The van der Waals surface area contributed by atoms with Crippen LogP contribution >= 0.6 is 0 Å². The summed E-state index contributed by atoms with van der Waals surface area (Å²) in [6, 6.07) is 3.59. The highest BCUT2D eigenvalue weighted by molar-refractivity contribution is 5.94. The quantitative estimate of drug-likeness (QED) is 0.915. The van der Waals surface area contributed by atoms with Crippen molar-refractivity contribution in [3.05, 3.63) is 23.9 Å². The number of carbonyl (C=O) groups excluding carboxylic acids is 1. The third kappa shape index (κ3) is 2.91. The van der Waals surface area contributed by atoms with Crippen LogP contribution in [-0.4, -0.2) is 53.0 Å². The van der Waals surface area contributed by atoms with Crippen molar-refractivity contribution in [2.75, 3.05) is 31.1 Å². The largest absolute Gasteiger partial charge is 0.481 e. The van der Waals surface area contributed by atoms with Crippen LogP contribution in [0.15, 0.2) is 18.3 Å². The number of hydrogen-bond acceptors (Lipinski definition) is 4. The second-order valence-electron chi connectivity index (χ2n) is 6.32. The number of anilines is 1. The standard InChI is InChI=1S/C16H21N3O3/c1-11-4-6-18(7-5-11)15(20)12-2-3-14(17-8-12)19-9-13(10-19)16(21)22/h2-3,8,11,13H,4-7,9-10H2,1H3,(H,21,22). The van der Waals surface area contributed by atoms with E-state index in [-0.39, 0.29) is 11.8 Å². The molecule has 1 aromatic heterocycles. The molecule has 0 bridgehead atoms. The lowest BCUT2D eigenvalue weighted by Gasteiger charge is -2.37. The summed E-state index contributed by atoms with van der Waals surface area (Å²) in [5.74, 6) is 0.401. The first kappa shape index (κ1) is 14.8. The number of carbonyl (C=O) groups is 2. The zero-order valence-electron chi connectivity index (χ0n) is 12.7. The van der Waals surface area contributed by atoms with Gasteiger partial charge in [0.05, 0.1) is 11.5 Å². The van der Waals surface area contributed by atoms with Crippen LogP contribution in [0.2, 0.25) is 0 Å². The van der Waals surface area contributed by atoms with Crippen LogP contribution < -0.4 is 4.90 Å². The maximum atomic E-state index is 12.4. The first-order chi connectivity index (χ1) is 10.5. The molecule has 2 fully saturated rings. The van der Waals surface area contributed by atoms with Crippen molar-refractivity contribution in [1.82, 2.24) is 9.88 Å². The van der Waals surface area contributed by atoms with Gasteiger partial charge in [-0.1, -0.05) is 6.92 Å². The van der Waals surface area contributed by atoms with Crippen LogP contribution in [0.1, 0.15) is 30.1 Å². The Bertz CT molecular complexity index is 559. The summed E-state index contributed by atoms with van der Waals surface area (Å²) >= 11 is 0. The lowest BCUT2D eigenvalue weighted by atomic mass is 9.98. The fourth-order valence-corrected chi connectivity index (χ4v) is 2.92. The molecule has 0 unspecified atom stereocenters. The molecule has 1 aromatic rings. The van der Waals surface area contributed by atoms with E-state index in [9.17, 15) is 9.59 Å². The lowest BCUT2D eigenvalue weighted by Crippen LogP contribution is -2.50. The molecule has 0 saturated carbocycles. The Kier molecular flexibility index (Phi) is 4.00. The molecule has 3 heterocycles. The van der Waals surface area contributed by atoms with E-state index in [4.69, 9.17) is 5.11 Å². The highest BCUT2D eigenvalue weighted by Gasteiger charge is 2.33. The number of aromatic nitrogens is 1. The van der Waals surface area contributed by atoms with Crippen molar-refractivity contribution >= 4 is 17.7 Å². The molecule has 1 N–H and O–H groups in total. The van der Waals surface area contributed by atoms with Crippen LogP contribution in [0.4, 0.5) is 5.82 Å². The summed E-state index contributed by atoms with van der Waals surface area (Å²) in [6.07, 6.45) is 3.72. The van der Waals surface area contributed by atoms with Crippen LogP contribution in [0.3, 0.4) is 0 Å². The van der Waals surface area contributed by atoms with Gasteiger partial charge in [-0.05, 0) is 30.9 Å². The predicted molar refractivity (Wildman–Crippen MR) is 81.9 cm³/mol. The molecule has 0 atom stereocenters. The minimum atomic E-state index is -0.762. The van der Waals surface area contributed by atoms with E-state index in [2.05, 4.69) is 11.9 Å². The Hall–Kier alpha value is -2.11. The molecule has 0 spiro atoms. The van der Waals surface area contributed by atoms with Crippen molar-refractivity contribution in [2.24, 2.45) is 11.8 Å². The normalized spacial score (nSPS) is 19.9. The zero-order chi connectivity index (χ0) is 15.7. The molecular formula is C16H21N3O3. The number of rotatable bonds is 3. The van der Waals surface area contributed by atoms with Crippen molar-refractivity contribution in [2.45, 2.75) is 19.8 Å². The number of piperidine rings is 1. The van der Waals surface area contributed by atoms with E-state index in [0.717, 1.165) is 31.7 Å². The SMILES string of the molecule is CC1CCN(C(=O)c2ccc(N3CC(C(=O)O)C3)nc2)CC1. The van der Waals surface area contributed by atoms with E-state index in [0.29, 0.717) is 24.6 Å². The molecule has 6 heteroatoms. The molecule has 2 saturated heterocycles. The van der Waals surface area contributed by atoms with Gasteiger partial charge < -0.3 is 14.9 Å². The van der Waals surface area contributed by atoms with Crippen LogP contribution in [0.25, 0.3) is 0 Å². The summed E-state index contributed by atoms with van der Waals surface area (Å²) in [7, 11) is 0. The minimum Gasteiger partial charge on any atom is -0.481 e. The molecule has 6 nitrogen and oxygen atoms in total. The van der Waals surface area contributed by atoms with Crippen LogP contribution in [0, 0.1) is 11.8 Å². The second kappa shape index (κ2) is 5.94. The Morgan fingerprint density at radius 2 is 1.91 bits per heavy atom. The lowest BCUT2D eigenvalue weighted by molar-refractivity contribution is -0.142. The van der Waals surface area contributed by atoms with Gasteiger partial charge in [-0.2, -0.15) is 0 Å². The third-order valence-electron chi connectivity index (χ3n) is 4.62. The first-order valence-corrected chi connectivity index (χ1v) is 7.77. The summed E-state index contributed by atoms with van der Waals surface area (Å²) in [5.41, 5.74) is 0.605. The fraction of sp³-hybridized carbons (Fsp3) is 0.562. The Morgan fingerprint density at radius 1 is 1.23 bits per heavy atom. The monoisotopic (exact) mass is 303 g/mol. The topological polar surface area (TPSA) is 73.7 Å². The van der Waals surface area contributed by atoms with Crippen molar-refractivity contribution in [1.29, 1.82) is 0 Å². The van der Waals surface area contributed by atoms with Gasteiger partial charge in [0.25, 0.3) is 5.91 Å². The Morgan fingerprint density at radius 3 is 2.45 bits per heavy atom. The highest BCUT2D eigenvalue weighted by atomic mass is 16.4. The number of carboxylic acid groups (broad SMARTS) is 1. The molecule has 0 aliphatic carbocycles.